The van der Waals surface area contributed by atoms with Gasteiger partial charge in [0, 0.05) is 24.8 Å². The zero-order valence-corrected chi connectivity index (χ0v) is 19.4. The van der Waals surface area contributed by atoms with E-state index < -0.39 is 24.0 Å². The van der Waals surface area contributed by atoms with Gasteiger partial charge in [-0.1, -0.05) is 48.5 Å². The summed E-state index contributed by atoms with van der Waals surface area (Å²) in [5.74, 6) is -0.934. The molecule has 0 bridgehead atoms. The summed E-state index contributed by atoms with van der Waals surface area (Å²) in [6, 6.07) is 18.2. The van der Waals surface area contributed by atoms with E-state index >= 15 is 0 Å². The Labute approximate surface area is 203 Å². The maximum absolute atomic E-state index is 12.8. The molecule has 3 aromatic rings. The number of alkyl carbamates (subject to hydrolysis) is 1. The van der Waals surface area contributed by atoms with Gasteiger partial charge < -0.3 is 24.9 Å². The van der Waals surface area contributed by atoms with Crippen molar-refractivity contribution in [2.45, 2.75) is 44.2 Å². The molecule has 8 nitrogen and oxygen atoms in total. The maximum Gasteiger partial charge on any atom is 0.407 e. The highest BCUT2D eigenvalue weighted by molar-refractivity contribution is 5.86. The first kappa shape index (κ1) is 24.1. The Hall–Kier alpha value is -4.07. The van der Waals surface area contributed by atoms with Crippen LogP contribution in [0.25, 0.3) is 11.1 Å². The lowest BCUT2D eigenvalue weighted by atomic mass is 9.98. The molecule has 0 saturated carbocycles. The van der Waals surface area contributed by atoms with Crippen molar-refractivity contribution in [1.82, 2.24) is 10.6 Å². The Balaban J connectivity index is 1.38. The van der Waals surface area contributed by atoms with E-state index in [1.54, 1.807) is 18.4 Å². The van der Waals surface area contributed by atoms with E-state index in [0.717, 1.165) is 22.3 Å². The first-order chi connectivity index (χ1) is 16.9. The minimum Gasteiger partial charge on any atom is -0.481 e. The number of amides is 2. The number of rotatable bonds is 10. The van der Waals surface area contributed by atoms with E-state index in [1.165, 1.54) is 0 Å². The van der Waals surface area contributed by atoms with Crippen molar-refractivity contribution >= 4 is 18.0 Å². The highest BCUT2D eigenvalue weighted by Gasteiger charge is 2.30. The van der Waals surface area contributed by atoms with Crippen LogP contribution >= 0.6 is 0 Å². The van der Waals surface area contributed by atoms with Crippen molar-refractivity contribution in [1.29, 1.82) is 0 Å². The Kier molecular flexibility index (Phi) is 7.50. The topological polar surface area (TPSA) is 118 Å². The quantitative estimate of drug-likeness (QED) is 0.406. The van der Waals surface area contributed by atoms with Gasteiger partial charge in [-0.15, -0.1) is 0 Å². The number of benzene rings is 2. The molecule has 182 valence electrons. The number of carboxylic acids is 1. The number of aliphatic carboxylic acids is 1. The van der Waals surface area contributed by atoms with Crippen LogP contribution in [0.2, 0.25) is 0 Å². The van der Waals surface area contributed by atoms with E-state index in [4.69, 9.17) is 14.3 Å². The molecule has 0 aliphatic heterocycles. The summed E-state index contributed by atoms with van der Waals surface area (Å²) in [4.78, 5) is 36.6. The Morgan fingerprint density at radius 2 is 1.63 bits per heavy atom. The van der Waals surface area contributed by atoms with Crippen LogP contribution in [0, 0.1) is 0 Å². The molecule has 3 N–H and O–H groups in total. The van der Waals surface area contributed by atoms with Gasteiger partial charge in [-0.3, -0.25) is 9.59 Å². The smallest absolute Gasteiger partial charge is 0.407 e. The molecular weight excluding hydrogens is 448 g/mol. The fourth-order valence-corrected chi connectivity index (χ4v) is 4.44. The van der Waals surface area contributed by atoms with Crippen LogP contribution in [0.5, 0.6) is 0 Å². The third kappa shape index (κ3) is 5.90. The first-order valence-corrected chi connectivity index (χ1v) is 11.6. The lowest BCUT2D eigenvalue weighted by Crippen LogP contribution is -2.49. The van der Waals surface area contributed by atoms with Gasteiger partial charge in [0.1, 0.15) is 18.4 Å². The van der Waals surface area contributed by atoms with Crippen LogP contribution in [0.3, 0.4) is 0 Å². The average molecular weight is 477 g/mol. The van der Waals surface area contributed by atoms with Crippen molar-refractivity contribution < 1.29 is 28.6 Å². The number of carbonyl (C=O) groups excluding carboxylic acids is 2. The van der Waals surface area contributed by atoms with Crippen LogP contribution in [-0.4, -0.2) is 41.8 Å². The number of furan rings is 1. The van der Waals surface area contributed by atoms with Gasteiger partial charge in [0.2, 0.25) is 5.91 Å². The predicted octanol–water partition coefficient (Wildman–Crippen LogP) is 4.10. The van der Waals surface area contributed by atoms with Crippen molar-refractivity contribution in [3.8, 4) is 11.1 Å². The first-order valence-electron chi connectivity index (χ1n) is 11.6. The molecule has 2 aromatic carbocycles. The Bertz CT molecular complexity index is 1140. The van der Waals surface area contributed by atoms with Crippen LogP contribution in [0.4, 0.5) is 4.79 Å². The molecule has 0 saturated heterocycles. The van der Waals surface area contributed by atoms with Gasteiger partial charge in [0.25, 0.3) is 0 Å². The zero-order valence-electron chi connectivity index (χ0n) is 19.4. The molecule has 4 rings (SSSR count). The van der Waals surface area contributed by atoms with Gasteiger partial charge in [-0.05, 0) is 47.7 Å². The number of ether oxygens (including phenoxy) is 1. The molecule has 2 atom stereocenters. The monoisotopic (exact) mass is 476 g/mol. The summed E-state index contributed by atoms with van der Waals surface area (Å²) in [6.45, 7) is 1.91. The van der Waals surface area contributed by atoms with Crippen molar-refractivity contribution in [2.75, 3.05) is 6.61 Å². The third-order valence-corrected chi connectivity index (χ3v) is 6.08. The zero-order chi connectivity index (χ0) is 24.8. The largest absolute Gasteiger partial charge is 0.481 e. The molecule has 0 radical (unpaired) electrons. The molecule has 2 amide bonds. The van der Waals surface area contributed by atoms with Crippen molar-refractivity contribution in [2.24, 2.45) is 0 Å². The molecular formula is C27H28N2O6. The number of carboxylic acid groups (broad SMARTS) is 1. The molecule has 2 unspecified atom stereocenters. The molecule has 1 aliphatic carbocycles. The number of carbonyl (C=O) groups is 3. The van der Waals surface area contributed by atoms with Crippen molar-refractivity contribution in [3.05, 3.63) is 83.8 Å². The molecule has 35 heavy (non-hydrogen) atoms. The van der Waals surface area contributed by atoms with E-state index in [2.05, 4.69) is 10.6 Å². The molecule has 0 spiro atoms. The average Bonchev–Trinajstić information content (AvgIpc) is 3.46. The van der Waals surface area contributed by atoms with Gasteiger partial charge in [-0.2, -0.15) is 0 Å². The number of fused-ring (bicyclic) bond motifs is 3. The Morgan fingerprint density at radius 1 is 0.971 bits per heavy atom. The SMILES string of the molecule is CC(Cc1ccco1)NC(=O)C(CCC(=O)O)NC(=O)OCC1c2ccccc2-c2ccccc21. The van der Waals surface area contributed by atoms with E-state index in [1.807, 2.05) is 55.5 Å². The summed E-state index contributed by atoms with van der Waals surface area (Å²) in [7, 11) is 0. The second-order valence-corrected chi connectivity index (χ2v) is 8.65. The lowest BCUT2D eigenvalue weighted by Gasteiger charge is -2.21. The fourth-order valence-electron chi connectivity index (χ4n) is 4.44. The Morgan fingerprint density at radius 3 is 2.23 bits per heavy atom. The van der Waals surface area contributed by atoms with Gasteiger partial charge in [0.05, 0.1) is 6.26 Å². The molecule has 1 aromatic heterocycles. The lowest BCUT2D eigenvalue weighted by molar-refractivity contribution is -0.137. The van der Waals surface area contributed by atoms with Gasteiger partial charge in [-0.25, -0.2) is 4.79 Å². The second-order valence-electron chi connectivity index (χ2n) is 8.65. The van der Waals surface area contributed by atoms with Crippen LogP contribution in [0.15, 0.2) is 71.3 Å². The second kappa shape index (κ2) is 10.9. The molecule has 1 heterocycles. The van der Waals surface area contributed by atoms with Crippen LogP contribution < -0.4 is 10.6 Å². The van der Waals surface area contributed by atoms with Gasteiger partial charge >= 0.3 is 12.1 Å². The predicted molar refractivity (Wildman–Crippen MR) is 129 cm³/mol. The summed E-state index contributed by atoms with van der Waals surface area (Å²) in [6.07, 6.45) is 0.928. The minimum absolute atomic E-state index is 0.0567. The fraction of sp³-hybridized carbons (Fsp3) is 0.296. The third-order valence-electron chi connectivity index (χ3n) is 6.08. The van der Waals surface area contributed by atoms with Crippen LogP contribution in [-0.2, 0) is 20.7 Å². The van der Waals surface area contributed by atoms with E-state index in [-0.39, 0.29) is 31.4 Å². The van der Waals surface area contributed by atoms with E-state index in [0.29, 0.717) is 12.2 Å². The van der Waals surface area contributed by atoms with Crippen molar-refractivity contribution in [3.63, 3.8) is 0 Å². The summed E-state index contributed by atoms with van der Waals surface area (Å²) >= 11 is 0. The molecule has 8 heteroatoms. The summed E-state index contributed by atoms with van der Waals surface area (Å²) in [5.41, 5.74) is 4.38. The highest BCUT2D eigenvalue weighted by Crippen LogP contribution is 2.44. The highest BCUT2D eigenvalue weighted by atomic mass is 16.5. The number of hydrogen-bond donors (Lipinski definition) is 3. The summed E-state index contributed by atoms with van der Waals surface area (Å²) < 4.78 is 10.8. The molecule has 1 aliphatic rings. The standard InChI is InChI=1S/C27H28N2O6/c1-17(15-18-7-6-14-34-18)28-26(32)24(12-13-25(30)31)29-27(33)35-16-23-21-10-4-2-8-19(21)20-9-3-5-11-22(20)23/h2-11,14,17,23-24H,12-13,15-16H2,1H3,(H,28,32)(H,29,33)(H,30,31). The number of nitrogens with one attached hydrogen (secondary N) is 2. The minimum atomic E-state index is -1.05. The summed E-state index contributed by atoms with van der Waals surface area (Å²) in [5, 5.41) is 14.4. The molecule has 0 fully saturated rings. The normalized spacial score (nSPS) is 13.9. The maximum atomic E-state index is 12.8. The van der Waals surface area contributed by atoms with Crippen LogP contribution in [0.1, 0.15) is 42.6 Å². The van der Waals surface area contributed by atoms with E-state index in [9.17, 15) is 14.4 Å². The number of hydrogen-bond acceptors (Lipinski definition) is 5. The van der Waals surface area contributed by atoms with Gasteiger partial charge in [0.15, 0.2) is 0 Å².